The van der Waals surface area contributed by atoms with Crippen LogP contribution in [0.15, 0.2) is 30.3 Å². The van der Waals surface area contributed by atoms with E-state index < -0.39 is 23.0 Å². The van der Waals surface area contributed by atoms with Crippen molar-refractivity contribution in [3.05, 3.63) is 35.9 Å². The van der Waals surface area contributed by atoms with Crippen LogP contribution >= 0.6 is 11.8 Å². The number of hydrogen-bond acceptors (Lipinski definition) is 5. The van der Waals surface area contributed by atoms with Crippen molar-refractivity contribution in [2.24, 2.45) is 0 Å². The van der Waals surface area contributed by atoms with Crippen molar-refractivity contribution in [1.82, 2.24) is 9.80 Å². The number of carbonyl (C=O) groups is 3. The summed E-state index contributed by atoms with van der Waals surface area (Å²) >= 11 is 1.63. The van der Waals surface area contributed by atoms with Gasteiger partial charge in [0, 0.05) is 25.3 Å². The number of nitrogens with zero attached hydrogens (tertiary/aromatic N) is 2. The summed E-state index contributed by atoms with van der Waals surface area (Å²) < 4.78 is 5.59. The molecule has 0 N–H and O–H groups in total. The zero-order chi connectivity index (χ0) is 20.4. The third-order valence-corrected chi connectivity index (χ3v) is 7.78. The Morgan fingerprint density at radius 3 is 2.52 bits per heavy atom. The van der Waals surface area contributed by atoms with Crippen molar-refractivity contribution in [3.63, 3.8) is 0 Å². The van der Waals surface area contributed by atoms with Crippen LogP contribution in [0.1, 0.15) is 51.0 Å². The van der Waals surface area contributed by atoms with Crippen LogP contribution in [0.25, 0.3) is 0 Å². The Hall–Kier alpha value is -2.02. The second kappa shape index (κ2) is 8.38. The van der Waals surface area contributed by atoms with E-state index in [2.05, 4.69) is 0 Å². The van der Waals surface area contributed by atoms with E-state index in [9.17, 15) is 14.4 Å². The topological polar surface area (TPSA) is 66.9 Å². The fourth-order valence-electron chi connectivity index (χ4n) is 4.67. The van der Waals surface area contributed by atoms with Gasteiger partial charge in [-0.05, 0) is 31.7 Å². The van der Waals surface area contributed by atoms with E-state index in [1.54, 1.807) is 23.6 Å². The fraction of sp³-hybridized carbons (Fsp3) is 0.591. The number of amides is 2. The van der Waals surface area contributed by atoms with E-state index in [0.29, 0.717) is 18.6 Å². The molecule has 1 aromatic carbocycles. The normalized spacial score (nSPS) is 28.0. The van der Waals surface area contributed by atoms with Crippen LogP contribution in [-0.4, -0.2) is 58.6 Å². The maximum atomic E-state index is 13.0. The van der Waals surface area contributed by atoms with Crippen LogP contribution in [0.2, 0.25) is 0 Å². The molecule has 3 atom stereocenters. The Balaban J connectivity index is 1.46. The van der Waals surface area contributed by atoms with Crippen LogP contribution in [0.4, 0.5) is 0 Å². The third kappa shape index (κ3) is 3.77. The first-order valence-corrected chi connectivity index (χ1v) is 11.5. The van der Waals surface area contributed by atoms with Gasteiger partial charge >= 0.3 is 5.97 Å². The Morgan fingerprint density at radius 1 is 1.14 bits per heavy atom. The summed E-state index contributed by atoms with van der Waals surface area (Å²) in [6.07, 6.45) is 4.54. The van der Waals surface area contributed by atoms with Gasteiger partial charge in [0.15, 0.2) is 6.10 Å². The van der Waals surface area contributed by atoms with Gasteiger partial charge in [-0.25, -0.2) is 4.79 Å². The van der Waals surface area contributed by atoms with E-state index >= 15 is 0 Å². The second-order valence-electron chi connectivity index (χ2n) is 8.06. The van der Waals surface area contributed by atoms with Crippen molar-refractivity contribution in [2.45, 2.75) is 62.5 Å². The molecule has 3 aliphatic heterocycles. The van der Waals surface area contributed by atoms with Crippen LogP contribution < -0.4 is 0 Å². The van der Waals surface area contributed by atoms with Gasteiger partial charge < -0.3 is 14.5 Å². The first-order chi connectivity index (χ1) is 14.0. The van der Waals surface area contributed by atoms with Crippen LogP contribution in [0.5, 0.6) is 0 Å². The number of ether oxygens (including phenoxy) is 1. The van der Waals surface area contributed by atoms with E-state index in [0.717, 1.165) is 44.3 Å². The molecule has 4 rings (SSSR count). The predicted octanol–water partition coefficient (Wildman–Crippen LogP) is 2.91. The largest absolute Gasteiger partial charge is 0.451 e. The minimum Gasteiger partial charge on any atom is -0.451 e. The lowest BCUT2D eigenvalue weighted by molar-refractivity contribution is -0.164. The maximum Gasteiger partial charge on any atom is 0.330 e. The fourth-order valence-corrected chi connectivity index (χ4v) is 6.30. The summed E-state index contributed by atoms with van der Waals surface area (Å²) in [4.78, 5) is 41.4. The highest BCUT2D eigenvalue weighted by Crippen LogP contribution is 2.54. The quantitative estimate of drug-likeness (QED) is 0.706. The Labute approximate surface area is 175 Å². The molecule has 7 heteroatoms. The summed E-state index contributed by atoms with van der Waals surface area (Å²) in [5.41, 5.74) is 1.04. The van der Waals surface area contributed by atoms with Gasteiger partial charge in [0.05, 0.1) is 0 Å². The van der Waals surface area contributed by atoms with Crippen LogP contribution in [0, 0.1) is 0 Å². The molecule has 3 heterocycles. The van der Waals surface area contributed by atoms with Gasteiger partial charge in [-0.3, -0.25) is 9.59 Å². The van der Waals surface area contributed by atoms with Gasteiger partial charge in [0.2, 0.25) is 5.91 Å². The van der Waals surface area contributed by atoms with Crippen molar-refractivity contribution in [1.29, 1.82) is 0 Å². The lowest BCUT2D eigenvalue weighted by atomic mass is 10.0. The minimum atomic E-state index is -0.824. The average Bonchev–Trinajstić information content (AvgIpc) is 3.15. The monoisotopic (exact) mass is 416 g/mol. The molecule has 29 heavy (non-hydrogen) atoms. The molecule has 0 radical (unpaired) electrons. The molecule has 3 aliphatic rings. The van der Waals surface area contributed by atoms with Crippen molar-refractivity contribution >= 4 is 29.5 Å². The van der Waals surface area contributed by atoms with Gasteiger partial charge in [0.25, 0.3) is 5.91 Å². The van der Waals surface area contributed by atoms with Gasteiger partial charge in [-0.15, -0.1) is 11.8 Å². The number of carbonyl (C=O) groups excluding carboxylic acids is 3. The molecule has 1 aromatic rings. The molecular formula is C22H28N2O4S. The second-order valence-corrected chi connectivity index (χ2v) is 9.36. The lowest BCUT2D eigenvalue weighted by Gasteiger charge is -2.34. The summed E-state index contributed by atoms with van der Waals surface area (Å²) in [6.45, 7) is 3.09. The number of likely N-dealkylation sites (tertiary alicyclic amines) is 1. The molecule has 6 nitrogen and oxygen atoms in total. The lowest BCUT2D eigenvalue weighted by Crippen LogP contribution is -2.48. The molecule has 0 aromatic heterocycles. The van der Waals surface area contributed by atoms with E-state index in [1.165, 1.54) is 0 Å². The number of thioether (sulfide) groups is 1. The smallest absolute Gasteiger partial charge is 0.330 e. The van der Waals surface area contributed by atoms with Crippen molar-refractivity contribution < 1.29 is 19.1 Å². The minimum absolute atomic E-state index is 0.0210. The van der Waals surface area contributed by atoms with E-state index in [4.69, 9.17) is 4.74 Å². The number of esters is 1. The molecular weight excluding hydrogens is 388 g/mol. The van der Waals surface area contributed by atoms with E-state index in [-0.39, 0.29) is 11.8 Å². The average molecular weight is 417 g/mol. The number of hydrogen-bond donors (Lipinski definition) is 0. The standard InChI is InChI=1S/C22H28N2O4S/c1-16(20(26)23-13-7-2-3-8-14-23)28-21(27)18-15-29-22(12-11-19(25)24(18)22)17-9-5-4-6-10-17/h4-6,9-10,16,18H,2-3,7-8,11-15H2,1H3/t16-,18+,22+/m0/s1. The molecule has 3 saturated heterocycles. The molecule has 156 valence electrons. The highest BCUT2D eigenvalue weighted by Gasteiger charge is 2.57. The maximum absolute atomic E-state index is 13.0. The molecule has 0 saturated carbocycles. The number of fused-ring (bicyclic) bond motifs is 1. The van der Waals surface area contributed by atoms with Crippen LogP contribution in [-0.2, 0) is 24.0 Å². The van der Waals surface area contributed by atoms with Crippen molar-refractivity contribution in [2.75, 3.05) is 18.8 Å². The molecule has 2 amide bonds. The Bertz CT molecular complexity index is 778. The van der Waals surface area contributed by atoms with Crippen LogP contribution in [0.3, 0.4) is 0 Å². The zero-order valence-corrected chi connectivity index (χ0v) is 17.7. The predicted molar refractivity (Wildman–Crippen MR) is 111 cm³/mol. The molecule has 0 aliphatic carbocycles. The summed E-state index contributed by atoms with van der Waals surface area (Å²) in [5.74, 6) is -0.133. The van der Waals surface area contributed by atoms with Crippen molar-refractivity contribution in [3.8, 4) is 0 Å². The third-order valence-electron chi connectivity index (χ3n) is 6.18. The van der Waals surface area contributed by atoms with E-state index in [1.807, 2.05) is 35.2 Å². The Kier molecular flexibility index (Phi) is 5.86. The highest BCUT2D eigenvalue weighted by atomic mass is 32.2. The number of benzene rings is 1. The molecule has 0 unspecified atom stereocenters. The molecule has 3 fully saturated rings. The molecule has 0 bridgehead atoms. The SMILES string of the molecule is C[C@H](OC(=O)[C@H]1CS[C@@]2(c3ccccc3)CCC(=O)N12)C(=O)N1CCCCCC1. The van der Waals surface area contributed by atoms with Gasteiger partial charge in [-0.1, -0.05) is 43.2 Å². The summed E-state index contributed by atoms with van der Waals surface area (Å²) in [5, 5.41) is 0. The number of rotatable bonds is 4. The summed E-state index contributed by atoms with van der Waals surface area (Å²) in [6, 6.07) is 9.24. The van der Waals surface area contributed by atoms with Gasteiger partial charge in [0.1, 0.15) is 10.9 Å². The first-order valence-electron chi connectivity index (χ1n) is 10.5. The van der Waals surface area contributed by atoms with Gasteiger partial charge in [-0.2, -0.15) is 0 Å². The zero-order valence-electron chi connectivity index (χ0n) is 16.8. The molecule has 0 spiro atoms. The Morgan fingerprint density at radius 2 is 1.83 bits per heavy atom. The highest BCUT2D eigenvalue weighted by molar-refractivity contribution is 8.00. The first kappa shape index (κ1) is 20.3. The summed E-state index contributed by atoms with van der Waals surface area (Å²) in [7, 11) is 0.